The first-order chi connectivity index (χ1) is 12.2. The second kappa shape index (κ2) is 8.90. The molecule has 150 valence electrons. The molecule has 0 saturated heterocycles. The second-order valence-electron chi connectivity index (χ2n) is 7.87. The molecule has 0 radical (unpaired) electrons. The SMILES string of the molecule is CC(C)(C)OC(=O)NN(Cc1ccc(NC(N)=S)cc1)C(=O)OC(C)(C)C. The summed E-state index contributed by atoms with van der Waals surface area (Å²) in [6, 6.07) is 7.06. The molecule has 0 aliphatic heterocycles. The van der Waals surface area contributed by atoms with Gasteiger partial charge in [0.25, 0.3) is 0 Å². The fourth-order valence-corrected chi connectivity index (χ4v) is 2.01. The van der Waals surface area contributed by atoms with Crippen LogP contribution in [0.3, 0.4) is 0 Å². The number of nitrogens with zero attached hydrogens (tertiary/aromatic N) is 1. The molecule has 1 rings (SSSR count). The largest absolute Gasteiger partial charge is 0.443 e. The Kier molecular flexibility index (Phi) is 7.41. The van der Waals surface area contributed by atoms with Crippen molar-refractivity contribution >= 4 is 35.2 Å². The highest BCUT2D eigenvalue weighted by Gasteiger charge is 2.26. The van der Waals surface area contributed by atoms with Gasteiger partial charge in [-0.05, 0) is 71.5 Å². The highest BCUT2D eigenvalue weighted by molar-refractivity contribution is 7.80. The zero-order chi connectivity index (χ0) is 20.8. The Labute approximate surface area is 165 Å². The molecule has 0 bridgehead atoms. The number of hydrazine groups is 1. The van der Waals surface area contributed by atoms with Crippen molar-refractivity contribution in [2.75, 3.05) is 5.32 Å². The van der Waals surface area contributed by atoms with Gasteiger partial charge in [0.2, 0.25) is 0 Å². The minimum Gasteiger partial charge on any atom is -0.443 e. The fourth-order valence-electron chi connectivity index (χ4n) is 1.90. The van der Waals surface area contributed by atoms with Gasteiger partial charge in [-0.15, -0.1) is 0 Å². The van der Waals surface area contributed by atoms with E-state index in [1.165, 1.54) is 0 Å². The maximum Gasteiger partial charge on any atom is 0.429 e. The maximum atomic E-state index is 12.5. The van der Waals surface area contributed by atoms with Crippen molar-refractivity contribution in [3.8, 4) is 0 Å². The summed E-state index contributed by atoms with van der Waals surface area (Å²) in [5.41, 5.74) is 7.93. The summed E-state index contributed by atoms with van der Waals surface area (Å²) in [5.74, 6) is 0. The lowest BCUT2D eigenvalue weighted by Crippen LogP contribution is -2.49. The minimum absolute atomic E-state index is 0.0848. The summed E-state index contributed by atoms with van der Waals surface area (Å²) in [4.78, 5) is 24.5. The first-order valence-corrected chi connectivity index (χ1v) is 8.81. The molecule has 27 heavy (non-hydrogen) atoms. The molecule has 4 N–H and O–H groups in total. The van der Waals surface area contributed by atoms with Crippen molar-refractivity contribution < 1.29 is 19.1 Å². The molecule has 0 unspecified atom stereocenters. The predicted molar refractivity (Wildman–Crippen MR) is 108 cm³/mol. The first kappa shape index (κ1) is 22.5. The fraction of sp³-hybridized carbons (Fsp3) is 0.500. The molecule has 9 heteroatoms. The highest BCUT2D eigenvalue weighted by atomic mass is 32.1. The lowest BCUT2D eigenvalue weighted by atomic mass is 10.2. The van der Waals surface area contributed by atoms with Gasteiger partial charge in [-0.2, -0.15) is 0 Å². The zero-order valence-corrected chi connectivity index (χ0v) is 17.4. The van der Waals surface area contributed by atoms with Crippen LogP contribution in [0.15, 0.2) is 24.3 Å². The molecule has 0 saturated carbocycles. The molecule has 0 fully saturated rings. The Balaban J connectivity index is 2.91. The molecule has 0 aromatic heterocycles. The summed E-state index contributed by atoms with van der Waals surface area (Å²) in [5, 5.41) is 4.03. The van der Waals surface area contributed by atoms with Gasteiger partial charge in [0.05, 0.1) is 6.54 Å². The predicted octanol–water partition coefficient (Wildman–Crippen LogP) is 3.52. The van der Waals surface area contributed by atoms with Crippen LogP contribution >= 0.6 is 12.2 Å². The van der Waals surface area contributed by atoms with Crippen molar-refractivity contribution in [1.82, 2.24) is 10.4 Å². The minimum atomic E-state index is -0.750. The molecular weight excluding hydrogens is 368 g/mol. The molecule has 1 aromatic carbocycles. The number of hydrogen-bond donors (Lipinski definition) is 3. The average Bonchev–Trinajstić information content (AvgIpc) is 2.44. The van der Waals surface area contributed by atoms with E-state index in [0.717, 1.165) is 16.3 Å². The van der Waals surface area contributed by atoms with Crippen molar-refractivity contribution in [2.24, 2.45) is 5.73 Å². The van der Waals surface area contributed by atoms with Crippen LogP contribution < -0.4 is 16.5 Å². The van der Waals surface area contributed by atoms with E-state index in [9.17, 15) is 9.59 Å². The lowest BCUT2D eigenvalue weighted by Gasteiger charge is -2.29. The summed E-state index contributed by atoms with van der Waals surface area (Å²) >= 11 is 4.79. The number of benzene rings is 1. The van der Waals surface area contributed by atoms with Gasteiger partial charge >= 0.3 is 12.2 Å². The number of carbonyl (C=O) groups is 2. The van der Waals surface area contributed by atoms with Gasteiger partial charge in [0.1, 0.15) is 11.2 Å². The summed E-state index contributed by atoms with van der Waals surface area (Å²) in [6.07, 6.45) is -1.45. The quantitative estimate of drug-likeness (QED) is 0.530. The van der Waals surface area contributed by atoms with E-state index in [-0.39, 0.29) is 11.7 Å². The number of nitrogens with one attached hydrogen (secondary N) is 2. The standard InChI is InChI=1S/C18H28N4O4S/c1-17(2,3)25-15(23)21-22(16(24)26-18(4,5)6)11-12-7-9-13(10-8-12)20-14(19)27/h7-10H,11H2,1-6H3,(H,21,23)(H3,19,20,27). The Morgan fingerprint density at radius 2 is 1.56 bits per heavy atom. The number of rotatable bonds is 3. The molecule has 0 aliphatic rings. The monoisotopic (exact) mass is 396 g/mol. The van der Waals surface area contributed by atoms with Crippen LogP contribution in [-0.2, 0) is 16.0 Å². The van der Waals surface area contributed by atoms with Crippen molar-refractivity contribution in [1.29, 1.82) is 0 Å². The first-order valence-electron chi connectivity index (χ1n) is 8.41. The third-order valence-electron chi connectivity index (χ3n) is 2.80. The molecule has 8 nitrogen and oxygen atoms in total. The maximum absolute atomic E-state index is 12.5. The zero-order valence-electron chi connectivity index (χ0n) is 16.6. The van der Waals surface area contributed by atoms with Crippen LogP contribution in [0.25, 0.3) is 0 Å². The van der Waals surface area contributed by atoms with Crippen LogP contribution in [0.5, 0.6) is 0 Å². The van der Waals surface area contributed by atoms with Gasteiger partial charge in [0, 0.05) is 5.69 Å². The van der Waals surface area contributed by atoms with E-state index in [1.54, 1.807) is 65.8 Å². The molecule has 2 amide bonds. The topological polar surface area (TPSA) is 106 Å². The smallest absolute Gasteiger partial charge is 0.429 e. The summed E-state index contributed by atoms with van der Waals surface area (Å²) in [7, 11) is 0. The van der Waals surface area contributed by atoms with Crippen LogP contribution in [0.2, 0.25) is 0 Å². The molecule has 0 atom stereocenters. The van der Waals surface area contributed by atoms with Crippen LogP contribution in [0, 0.1) is 0 Å². The number of nitrogens with two attached hydrogens (primary N) is 1. The third-order valence-corrected chi connectivity index (χ3v) is 2.90. The van der Waals surface area contributed by atoms with Crippen molar-refractivity contribution in [3.63, 3.8) is 0 Å². The molecule has 1 aromatic rings. The number of amides is 2. The van der Waals surface area contributed by atoms with E-state index in [0.29, 0.717) is 0 Å². The Bertz CT molecular complexity index is 678. The van der Waals surface area contributed by atoms with E-state index in [2.05, 4.69) is 10.7 Å². The van der Waals surface area contributed by atoms with Crippen molar-refractivity contribution in [2.45, 2.75) is 59.3 Å². The Morgan fingerprint density at radius 3 is 2.00 bits per heavy atom. The lowest BCUT2D eigenvalue weighted by molar-refractivity contribution is -0.000654. The van der Waals surface area contributed by atoms with E-state index in [4.69, 9.17) is 27.4 Å². The number of hydrogen-bond acceptors (Lipinski definition) is 5. The Hall–Kier alpha value is -2.55. The molecular formula is C18H28N4O4S. The molecule has 0 heterocycles. The third kappa shape index (κ3) is 9.64. The number of ether oxygens (including phenoxy) is 2. The molecule has 0 aliphatic carbocycles. The highest BCUT2D eigenvalue weighted by Crippen LogP contribution is 2.15. The van der Waals surface area contributed by atoms with E-state index < -0.39 is 23.4 Å². The van der Waals surface area contributed by atoms with E-state index in [1.807, 2.05) is 0 Å². The Morgan fingerprint density at radius 1 is 1.04 bits per heavy atom. The van der Waals surface area contributed by atoms with Gasteiger partial charge in [-0.25, -0.2) is 20.0 Å². The van der Waals surface area contributed by atoms with Crippen LogP contribution in [0.1, 0.15) is 47.1 Å². The van der Waals surface area contributed by atoms with Crippen LogP contribution in [0.4, 0.5) is 15.3 Å². The second-order valence-corrected chi connectivity index (χ2v) is 8.31. The number of carbonyl (C=O) groups excluding carboxylic acids is 2. The average molecular weight is 397 g/mol. The van der Waals surface area contributed by atoms with Gasteiger partial charge in [-0.3, -0.25) is 0 Å². The number of thiocarbonyl (C=S) groups is 1. The van der Waals surface area contributed by atoms with Gasteiger partial charge in [0.15, 0.2) is 5.11 Å². The van der Waals surface area contributed by atoms with Crippen LogP contribution in [-0.4, -0.2) is 33.5 Å². The van der Waals surface area contributed by atoms with E-state index >= 15 is 0 Å². The van der Waals surface area contributed by atoms with Gasteiger partial charge < -0.3 is 20.5 Å². The van der Waals surface area contributed by atoms with Crippen molar-refractivity contribution in [3.05, 3.63) is 29.8 Å². The van der Waals surface area contributed by atoms with Gasteiger partial charge in [-0.1, -0.05) is 12.1 Å². The molecule has 0 spiro atoms. The normalized spacial score (nSPS) is 11.3. The summed E-state index contributed by atoms with van der Waals surface area (Å²) < 4.78 is 10.6. The number of anilines is 1. The summed E-state index contributed by atoms with van der Waals surface area (Å²) in [6.45, 7) is 10.5.